The molecule has 0 unspecified atom stereocenters. The zero-order valence-electron chi connectivity index (χ0n) is 17.7. The van der Waals surface area contributed by atoms with Crippen LogP contribution < -0.4 is 0 Å². The van der Waals surface area contributed by atoms with Crippen molar-refractivity contribution in [1.29, 1.82) is 0 Å². The molecule has 0 radical (unpaired) electrons. The number of amides is 1. The van der Waals surface area contributed by atoms with Crippen LogP contribution in [0.5, 0.6) is 0 Å². The van der Waals surface area contributed by atoms with Crippen molar-refractivity contribution < 1.29 is 27.5 Å². The number of Topliss-reactive ketones (excluding diaryl/α,β-unsaturated/α-hetero) is 1. The number of aromatic nitrogens is 1. The highest BCUT2D eigenvalue weighted by molar-refractivity contribution is 7.90. The summed E-state index contributed by atoms with van der Waals surface area (Å²) in [6.07, 6.45) is 0. The largest absolute Gasteiger partial charge is 0.465 e. The molecule has 2 aromatic carbocycles. The molecule has 3 aromatic rings. The Morgan fingerprint density at radius 1 is 1.00 bits per heavy atom. The van der Waals surface area contributed by atoms with Crippen LogP contribution in [-0.4, -0.2) is 48.6 Å². The van der Waals surface area contributed by atoms with Crippen LogP contribution in [0.4, 0.5) is 0 Å². The number of nitrogens with zero attached hydrogens (tertiary/aromatic N) is 2. The van der Waals surface area contributed by atoms with Crippen LogP contribution in [0.2, 0.25) is 0 Å². The van der Waals surface area contributed by atoms with Crippen molar-refractivity contribution in [3.8, 4) is 5.69 Å². The van der Waals surface area contributed by atoms with E-state index in [0.29, 0.717) is 21.1 Å². The molecular formula is C23H20N2O6S. The molecule has 32 heavy (non-hydrogen) atoms. The summed E-state index contributed by atoms with van der Waals surface area (Å²) < 4.78 is 32.7. The lowest BCUT2D eigenvalue weighted by Crippen LogP contribution is -2.35. The average Bonchev–Trinajstić information content (AvgIpc) is 3.19. The van der Waals surface area contributed by atoms with Gasteiger partial charge in [0.25, 0.3) is 15.9 Å². The van der Waals surface area contributed by atoms with Crippen molar-refractivity contribution in [2.75, 3.05) is 13.7 Å². The zero-order valence-corrected chi connectivity index (χ0v) is 18.5. The van der Waals surface area contributed by atoms with Crippen molar-refractivity contribution in [2.45, 2.75) is 18.7 Å². The number of aryl methyl sites for hydroxylation is 1. The first kappa shape index (κ1) is 21.5. The number of esters is 1. The summed E-state index contributed by atoms with van der Waals surface area (Å²) in [7, 11) is -2.77. The molecule has 1 aliphatic heterocycles. The molecule has 8 nitrogen and oxygen atoms in total. The molecule has 1 amide bonds. The number of sulfonamides is 1. The number of carbonyl (C=O) groups excluding carboxylic acids is 3. The second kappa shape index (κ2) is 7.76. The summed E-state index contributed by atoms with van der Waals surface area (Å²) in [6, 6.07) is 14.3. The molecule has 0 aliphatic carbocycles. The number of ketones is 1. The van der Waals surface area contributed by atoms with E-state index in [9.17, 15) is 22.8 Å². The van der Waals surface area contributed by atoms with Gasteiger partial charge in [0.2, 0.25) is 0 Å². The van der Waals surface area contributed by atoms with Crippen molar-refractivity contribution in [3.05, 3.63) is 82.7 Å². The van der Waals surface area contributed by atoms with Crippen LogP contribution in [0, 0.1) is 13.8 Å². The molecular weight excluding hydrogens is 432 g/mol. The molecule has 0 fully saturated rings. The maximum atomic E-state index is 13.1. The second-order valence-electron chi connectivity index (χ2n) is 7.39. The highest BCUT2D eigenvalue weighted by Crippen LogP contribution is 2.30. The second-order valence-corrected chi connectivity index (χ2v) is 9.23. The predicted octanol–water partition coefficient (Wildman–Crippen LogP) is 2.91. The third-order valence-electron chi connectivity index (χ3n) is 5.48. The lowest BCUT2D eigenvalue weighted by atomic mass is 10.1. The molecule has 0 N–H and O–H groups in total. The van der Waals surface area contributed by atoms with Crippen LogP contribution in [0.15, 0.2) is 59.5 Å². The lowest BCUT2D eigenvalue weighted by Gasteiger charge is -2.14. The number of ether oxygens (including phenoxy) is 1. The van der Waals surface area contributed by atoms with E-state index in [-0.39, 0.29) is 10.5 Å². The van der Waals surface area contributed by atoms with Crippen LogP contribution >= 0.6 is 0 Å². The van der Waals surface area contributed by atoms with Crippen LogP contribution in [-0.2, 0) is 14.8 Å². The molecule has 2 heterocycles. The number of rotatable bonds is 5. The third-order valence-corrected chi connectivity index (χ3v) is 7.26. The molecule has 0 saturated heterocycles. The maximum Gasteiger partial charge on any atom is 0.337 e. The van der Waals surface area contributed by atoms with Gasteiger partial charge < -0.3 is 9.30 Å². The molecule has 1 aromatic heterocycles. The van der Waals surface area contributed by atoms with Gasteiger partial charge >= 0.3 is 5.97 Å². The Kier molecular flexibility index (Phi) is 5.21. The SMILES string of the molecule is COC(=O)c1ccc(-n2c(C)cc(C(=O)CN3C(=O)c4ccccc4S3(=O)=O)c2C)cc1. The van der Waals surface area contributed by atoms with Crippen molar-refractivity contribution in [2.24, 2.45) is 0 Å². The topological polar surface area (TPSA) is 103 Å². The van der Waals surface area contributed by atoms with Gasteiger partial charge in [-0.3, -0.25) is 9.59 Å². The van der Waals surface area contributed by atoms with Gasteiger partial charge in [0, 0.05) is 22.6 Å². The van der Waals surface area contributed by atoms with E-state index in [4.69, 9.17) is 4.74 Å². The summed E-state index contributed by atoms with van der Waals surface area (Å²) in [4.78, 5) is 37.2. The van der Waals surface area contributed by atoms with Gasteiger partial charge in [0.05, 0.1) is 18.2 Å². The maximum absolute atomic E-state index is 13.1. The van der Waals surface area contributed by atoms with E-state index in [1.54, 1.807) is 43.3 Å². The fraction of sp³-hybridized carbons (Fsp3) is 0.174. The summed E-state index contributed by atoms with van der Waals surface area (Å²) in [6.45, 7) is 2.97. The Labute approximate surface area is 185 Å². The smallest absolute Gasteiger partial charge is 0.337 e. The molecule has 0 spiro atoms. The van der Waals surface area contributed by atoms with Crippen LogP contribution in [0.1, 0.15) is 42.5 Å². The van der Waals surface area contributed by atoms with E-state index >= 15 is 0 Å². The van der Waals surface area contributed by atoms with Gasteiger partial charge in [0.15, 0.2) is 5.78 Å². The quantitative estimate of drug-likeness (QED) is 0.436. The number of hydrogen-bond acceptors (Lipinski definition) is 6. The van der Waals surface area contributed by atoms with E-state index in [2.05, 4.69) is 0 Å². The minimum Gasteiger partial charge on any atom is -0.465 e. The molecule has 0 bridgehead atoms. The number of carbonyl (C=O) groups is 3. The Morgan fingerprint density at radius 2 is 1.66 bits per heavy atom. The molecule has 4 rings (SSSR count). The summed E-state index contributed by atoms with van der Waals surface area (Å²) >= 11 is 0. The minimum absolute atomic E-state index is 0.0662. The number of methoxy groups -OCH3 is 1. The Hall–Kier alpha value is -3.72. The van der Waals surface area contributed by atoms with E-state index in [1.165, 1.54) is 25.3 Å². The van der Waals surface area contributed by atoms with Crippen molar-refractivity contribution in [1.82, 2.24) is 8.87 Å². The Balaban J connectivity index is 1.64. The van der Waals surface area contributed by atoms with Gasteiger partial charge in [-0.15, -0.1) is 0 Å². The summed E-state index contributed by atoms with van der Waals surface area (Å²) in [5.41, 5.74) is 2.85. The first-order valence-electron chi connectivity index (χ1n) is 9.74. The van der Waals surface area contributed by atoms with Crippen molar-refractivity contribution >= 4 is 27.7 Å². The first-order chi connectivity index (χ1) is 15.2. The molecule has 0 atom stereocenters. The zero-order chi connectivity index (χ0) is 23.2. The lowest BCUT2D eigenvalue weighted by molar-refractivity contribution is 0.0600. The fourth-order valence-corrected chi connectivity index (χ4v) is 5.43. The average molecular weight is 452 g/mol. The van der Waals surface area contributed by atoms with E-state index in [1.807, 2.05) is 11.5 Å². The van der Waals surface area contributed by atoms with Crippen molar-refractivity contribution in [3.63, 3.8) is 0 Å². The first-order valence-corrected chi connectivity index (χ1v) is 11.2. The third kappa shape index (κ3) is 3.31. The van der Waals surface area contributed by atoms with Crippen LogP contribution in [0.25, 0.3) is 5.69 Å². The van der Waals surface area contributed by atoms with Gasteiger partial charge in [-0.1, -0.05) is 12.1 Å². The monoisotopic (exact) mass is 452 g/mol. The highest BCUT2D eigenvalue weighted by atomic mass is 32.2. The predicted molar refractivity (Wildman–Crippen MR) is 116 cm³/mol. The van der Waals surface area contributed by atoms with Gasteiger partial charge in [-0.2, -0.15) is 0 Å². The normalized spacial score (nSPS) is 14.3. The Morgan fingerprint density at radius 3 is 2.28 bits per heavy atom. The fourth-order valence-electron chi connectivity index (χ4n) is 3.91. The van der Waals surface area contributed by atoms with Gasteiger partial charge in [0.1, 0.15) is 11.4 Å². The highest BCUT2D eigenvalue weighted by Gasteiger charge is 2.42. The minimum atomic E-state index is -4.07. The summed E-state index contributed by atoms with van der Waals surface area (Å²) in [5.74, 6) is -1.65. The van der Waals surface area contributed by atoms with Gasteiger partial charge in [-0.25, -0.2) is 17.5 Å². The van der Waals surface area contributed by atoms with E-state index in [0.717, 1.165) is 11.4 Å². The molecule has 1 aliphatic rings. The molecule has 9 heteroatoms. The van der Waals surface area contributed by atoms with E-state index < -0.39 is 34.2 Å². The Bertz CT molecular complexity index is 1370. The molecule has 164 valence electrons. The number of benzene rings is 2. The summed E-state index contributed by atoms with van der Waals surface area (Å²) in [5, 5.41) is 0. The van der Waals surface area contributed by atoms with Gasteiger partial charge in [-0.05, 0) is 56.3 Å². The van der Waals surface area contributed by atoms with Crippen LogP contribution in [0.3, 0.4) is 0 Å². The standard InChI is InChI=1S/C23H20N2O6S/c1-14-12-19(15(2)25(14)17-10-8-16(9-11-17)23(28)31-3)20(26)13-24-22(27)18-6-4-5-7-21(18)32(24,29)30/h4-12H,13H2,1-3H3. The number of fused-ring (bicyclic) bond motifs is 1. The molecule has 0 saturated carbocycles. The number of hydrogen-bond donors (Lipinski definition) is 0.